The van der Waals surface area contributed by atoms with E-state index >= 15 is 0 Å². The monoisotopic (exact) mass is 310 g/mol. The maximum Gasteiger partial charge on any atom is 0.253 e. The zero-order valence-electron chi connectivity index (χ0n) is 12.7. The van der Waals surface area contributed by atoms with E-state index in [0.717, 1.165) is 0 Å². The van der Waals surface area contributed by atoms with Gasteiger partial charge >= 0.3 is 0 Å². The lowest BCUT2D eigenvalue weighted by Gasteiger charge is -2.36. The van der Waals surface area contributed by atoms with Crippen LogP contribution in [0.25, 0.3) is 0 Å². The van der Waals surface area contributed by atoms with Gasteiger partial charge in [0.25, 0.3) is 5.91 Å². The summed E-state index contributed by atoms with van der Waals surface area (Å²) in [5.41, 5.74) is 0.534. The molecule has 1 aliphatic heterocycles. The molecule has 1 amide bonds. The topological polar surface area (TPSA) is 66.5 Å². The van der Waals surface area contributed by atoms with Gasteiger partial charge in [-0.3, -0.25) is 4.79 Å². The van der Waals surface area contributed by atoms with E-state index in [4.69, 9.17) is 0 Å². The molecule has 0 aromatic heterocycles. The van der Waals surface area contributed by atoms with Crippen LogP contribution in [0.4, 0.5) is 0 Å². The van der Waals surface area contributed by atoms with E-state index in [0.29, 0.717) is 18.7 Å². The maximum atomic E-state index is 12.5. The Morgan fingerprint density at radius 2 is 1.71 bits per heavy atom. The molecule has 5 nitrogen and oxygen atoms in total. The average molecular weight is 310 g/mol. The van der Waals surface area contributed by atoms with Gasteiger partial charge in [0.1, 0.15) is 0 Å². The van der Waals surface area contributed by atoms with Crippen molar-refractivity contribution in [3.8, 4) is 0 Å². The molecule has 2 rings (SSSR count). The van der Waals surface area contributed by atoms with Crippen LogP contribution < -0.4 is 5.32 Å². The number of nitrogens with one attached hydrogen (secondary N) is 1. The second-order valence-corrected chi connectivity index (χ2v) is 7.88. The molecule has 0 aliphatic carbocycles. The summed E-state index contributed by atoms with van der Waals surface area (Å²) in [5.74, 6) is 0.0169. The van der Waals surface area contributed by atoms with Crippen molar-refractivity contribution in [2.75, 3.05) is 18.8 Å². The molecule has 6 heteroatoms. The van der Waals surface area contributed by atoms with E-state index < -0.39 is 9.84 Å². The molecule has 1 heterocycles. The molecule has 1 aromatic rings. The molecule has 1 saturated heterocycles. The van der Waals surface area contributed by atoms with Gasteiger partial charge in [-0.1, -0.05) is 6.92 Å². The number of benzene rings is 1. The molecule has 0 spiro atoms. The number of piperazine rings is 1. The normalized spacial score (nSPS) is 23.1. The van der Waals surface area contributed by atoms with Crippen molar-refractivity contribution >= 4 is 15.7 Å². The molecule has 21 heavy (non-hydrogen) atoms. The summed E-state index contributed by atoms with van der Waals surface area (Å²) in [4.78, 5) is 14.6. The van der Waals surface area contributed by atoms with Crippen molar-refractivity contribution in [2.24, 2.45) is 0 Å². The summed E-state index contributed by atoms with van der Waals surface area (Å²) in [7, 11) is -3.22. The standard InChI is InChI=1S/C15H22N2O3S/c1-4-21(19,20)14-7-5-13(6-8-14)15(18)17-9-11(2)16-12(3)10-17/h5-8,11-12,16H,4,9-10H2,1-3H3. The zero-order valence-corrected chi connectivity index (χ0v) is 13.5. The Labute approximate surface area is 126 Å². The van der Waals surface area contributed by atoms with Crippen LogP contribution in [0.2, 0.25) is 0 Å². The van der Waals surface area contributed by atoms with Crippen LogP contribution in [0.1, 0.15) is 31.1 Å². The molecule has 2 atom stereocenters. The van der Waals surface area contributed by atoms with Crippen LogP contribution in [0, 0.1) is 0 Å². The highest BCUT2D eigenvalue weighted by atomic mass is 32.2. The molecule has 0 bridgehead atoms. The Kier molecular flexibility index (Phi) is 4.68. The minimum atomic E-state index is -3.22. The Bertz CT molecular complexity index is 600. The molecule has 0 saturated carbocycles. The molecule has 1 N–H and O–H groups in total. The summed E-state index contributed by atoms with van der Waals surface area (Å²) in [6.07, 6.45) is 0. The smallest absolute Gasteiger partial charge is 0.253 e. The Balaban J connectivity index is 2.17. The number of hydrogen-bond acceptors (Lipinski definition) is 4. The van der Waals surface area contributed by atoms with Crippen LogP contribution >= 0.6 is 0 Å². The third-order valence-electron chi connectivity index (χ3n) is 3.69. The van der Waals surface area contributed by atoms with E-state index in [2.05, 4.69) is 5.32 Å². The molecule has 1 fully saturated rings. The first kappa shape index (κ1) is 16.0. The van der Waals surface area contributed by atoms with E-state index in [9.17, 15) is 13.2 Å². The van der Waals surface area contributed by atoms with Gasteiger partial charge in [-0.05, 0) is 38.1 Å². The lowest BCUT2D eigenvalue weighted by Crippen LogP contribution is -2.55. The molecule has 1 aromatic carbocycles. The van der Waals surface area contributed by atoms with Crippen LogP contribution in [0.3, 0.4) is 0 Å². The minimum absolute atomic E-state index is 0.0457. The minimum Gasteiger partial charge on any atom is -0.336 e. The fourth-order valence-electron chi connectivity index (χ4n) is 2.65. The second kappa shape index (κ2) is 6.15. The van der Waals surface area contributed by atoms with Crippen molar-refractivity contribution in [3.05, 3.63) is 29.8 Å². The highest BCUT2D eigenvalue weighted by Gasteiger charge is 2.25. The van der Waals surface area contributed by atoms with Crippen LogP contribution in [0.5, 0.6) is 0 Å². The zero-order chi connectivity index (χ0) is 15.6. The molecular weight excluding hydrogens is 288 g/mol. The maximum absolute atomic E-state index is 12.5. The summed E-state index contributed by atoms with van der Waals surface area (Å²) in [6, 6.07) is 6.75. The number of sulfone groups is 1. The molecular formula is C15H22N2O3S. The van der Waals surface area contributed by atoms with Gasteiger partial charge in [-0.2, -0.15) is 0 Å². The third-order valence-corrected chi connectivity index (χ3v) is 5.44. The Hall–Kier alpha value is -1.40. The number of rotatable bonds is 3. The molecule has 1 aliphatic rings. The van der Waals surface area contributed by atoms with Crippen molar-refractivity contribution < 1.29 is 13.2 Å². The van der Waals surface area contributed by atoms with Gasteiger partial charge in [0.15, 0.2) is 9.84 Å². The number of nitrogens with zero attached hydrogens (tertiary/aromatic N) is 1. The average Bonchev–Trinajstić information content (AvgIpc) is 2.45. The first-order valence-corrected chi connectivity index (χ1v) is 8.87. The Morgan fingerprint density at radius 1 is 1.19 bits per heavy atom. The summed E-state index contributed by atoms with van der Waals surface area (Å²) >= 11 is 0. The lowest BCUT2D eigenvalue weighted by atomic mass is 10.1. The number of carbonyl (C=O) groups is 1. The van der Waals surface area contributed by atoms with Gasteiger partial charge in [0.05, 0.1) is 10.6 Å². The lowest BCUT2D eigenvalue weighted by molar-refractivity contribution is 0.0673. The molecule has 116 valence electrons. The predicted molar refractivity (Wildman–Crippen MR) is 82.1 cm³/mol. The van der Waals surface area contributed by atoms with E-state index in [1.807, 2.05) is 18.7 Å². The van der Waals surface area contributed by atoms with E-state index in [-0.39, 0.29) is 28.6 Å². The fourth-order valence-corrected chi connectivity index (χ4v) is 3.53. The largest absolute Gasteiger partial charge is 0.336 e. The third kappa shape index (κ3) is 3.63. The molecule has 0 radical (unpaired) electrons. The van der Waals surface area contributed by atoms with Crippen LogP contribution in [-0.4, -0.2) is 50.2 Å². The van der Waals surface area contributed by atoms with E-state index in [1.165, 1.54) is 12.1 Å². The summed E-state index contributed by atoms with van der Waals surface area (Å²) < 4.78 is 23.5. The first-order chi connectivity index (χ1) is 9.83. The SMILES string of the molecule is CCS(=O)(=O)c1ccc(C(=O)N2CC(C)NC(C)C2)cc1. The van der Waals surface area contributed by atoms with Crippen molar-refractivity contribution in [1.82, 2.24) is 10.2 Å². The van der Waals surface area contributed by atoms with Gasteiger partial charge in [-0.25, -0.2) is 8.42 Å². The van der Waals surface area contributed by atoms with Crippen molar-refractivity contribution in [1.29, 1.82) is 0 Å². The number of hydrogen-bond donors (Lipinski definition) is 1. The van der Waals surface area contributed by atoms with E-state index in [1.54, 1.807) is 19.1 Å². The summed E-state index contributed by atoms with van der Waals surface area (Å²) in [6.45, 7) is 7.04. The van der Waals surface area contributed by atoms with Crippen molar-refractivity contribution in [3.63, 3.8) is 0 Å². The van der Waals surface area contributed by atoms with Crippen LogP contribution in [-0.2, 0) is 9.84 Å². The quantitative estimate of drug-likeness (QED) is 0.914. The molecule has 2 unspecified atom stereocenters. The van der Waals surface area contributed by atoms with Crippen molar-refractivity contribution in [2.45, 2.75) is 37.8 Å². The first-order valence-electron chi connectivity index (χ1n) is 7.21. The highest BCUT2D eigenvalue weighted by Crippen LogP contribution is 2.15. The fraction of sp³-hybridized carbons (Fsp3) is 0.533. The van der Waals surface area contributed by atoms with Crippen LogP contribution in [0.15, 0.2) is 29.2 Å². The van der Waals surface area contributed by atoms with Gasteiger partial charge in [0, 0.05) is 30.7 Å². The summed E-state index contributed by atoms with van der Waals surface area (Å²) in [5, 5.41) is 3.38. The predicted octanol–water partition coefficient (Wildman–Crippen LogP) is 1.30. The number of carbonyl (C=O) groups excluding carboxylic acids is 1. The number of amides is 1. The van der Waals surface area contributed by atoms with Gasteiger partial charge in [0.2, 0.25) is 0 Å². The van der Waals surface area contributed by atoms with Gasteiger partial charge in [-0.15, -0.1) is 0 Å². The highest BCUT2D eigenvalue weighted by molar-refractivity contribution is 7.91. The second-order valence-electron chi connectivity index (χ2n) is 5.61. The van der Waals surface area contributed by atoms with Gasteiger partial charge < -0.3 is 10.2 Å². The Morgan fingerprint density at radius 3 is 2.19 bits per heavy atom.